The SMILES string of the molecule is CC(C)(C)c1ccnc(-n2c3[c-]c(Oc4[c-]c(-n5[c-][n+]6c7c(cccc75)-c5ccccc5-c5ccccc5-c5ccncc5-6)ccc4)ccc3c3ccccc32)c1.[Pt]. The van der Waals surface area contributed by atoms with Gasteiger partial charge in [0.25, 0.3) is 6.33 Å². The van der Waals surface area contributed by atoms with Gasteiger partial charge in [-0.3, -0.25) is 9.55 Å². The van der Waals surface area contributed by atoms with Crippen LogP contribution in [0.4, 0.5) is 0 Å². The molecule has 6 nitrogen and oxygen atoms in total. The smallest absolute Gasteiger partial charge is 0.268 e. The third kappa shape index (κ3) is 5.70. The van der Waals surface area contributed by atoms with Gasteiger partial charge in [-0.25, -0.2) is 4.98 Å². The van der Waals surface area contributed by atoms with Crippen molar-refractivity contribution in [3.05, 3.63) is 182 Å². The molecule has 0 spiro atoms. The molecule has 10 aromatic rings. The zero-order valence-corrected chi connectivity index (χ0v) is 34.2. The molecule has 0 aliphatic carbocycles. The van der Waals surface area contributed by atoms with Crippen LogP contribution in [0.5, 0.6) is 11.5 Å². The predicted octanol–water partition coefficient (Wildman–Crippen LogP) is 11.6. The Labute approximate surface area is 350 Å². The molecule has 4 aromatic heterocycles. The molecule has 0 fully saturated rings. The van der Waals surface area contributed by atoms with Gasteiger partial charge in [0.05, 0.1) is 16.7 Å². The minimum Gasteiger partial charge on any atom is -0.510 e. The zero-order valence-electron chi connectivity index (χ0n) is 32.0. The molecule has 58 heavy (non-hydrogen) atoms. The fourth-order valence-corrected chi connectivity index (χ4v) is 8.35. The van der Waals surface area contributed by atoms with Gasteiger partial charge in [-0.1, -0.05) is 111 Å². The maximum atomic E-state index is 6.60. The average molecular weight is 929 g/mol. The summed E-state index contributed by atoms with van der Waals surface area (Å²) < 4.78 is 13.0. The number of pyridine rings is 2. The summed E-state index contributed by atoms with van der Waals surface area (Å²) in [4.78, 5) is 9.45. The van der Waals surface area contributed by atoms with Gasteiger partial charge >= 0.3 is 0 Å². The van der Waals surface area contributed by atoms with Gasteiger partial charge in [-0.05, 0) is 79.7 Å². The topological polar surface area (TPSA) is 48.8 Å². The minimum absolute atomic E-state index is 0. The molecule has 282 valence electrons. The van der Waals surface area contributed by atoms with Gasteiger partial charge in [0.2, 0.25) is 0 Å². The number of hydrogen-bond donors (Lipinski definition) is 0. The van der Waals surface area contributed by atoms with Gasteiger partial charge in [-0.15, -0.1) is 29.7 Å². The number of aromatic nitrogens is 5. The van der Waals surface area contributed by atoms with E-state index in [2.05, 4.69) is 173 Å². The summed E-state index contributed by atoms with van der Waals surface area (Å²) in [5.41, 5.74) is 13.8. The number of rotatable bonds is 4. The van der Waals surface area contributed by atoms with Crippen molar-refractivity contribution in [2.75, 3.05) is 0 Å². The second kappa shape index (κ2) is 13.8. The van der Waals surface area contributed by atoms with Gasteiger partial charge in [0, 0.05) is 56.7 Å². The molecule has 11 rings (SSSR count). The van der Waals surface area contributed by atoms with Gasteiger partial charge < -0.3 is 13.9 Å². The Morgan fingerprint density at radius 1 is 0.603 bits per heavy atom. The van der Waals surface area contributed by atoms with Crippen LogP contribution in [0.1, 0.15) is 26.3 Å². The van der Waals surface area contributed by atoms with E-state index in [1.54, 1.807) is 0 Å². The molecule has 5 heterocycles. The number of ether oxygens (including phenoxy) is 1. The molecule has 0 bridgehead atoms. The number of imidazole rings is 1. The van der Waals surface area contributed by atoms with Crippen molar-refractivity contribution < 1.29 is 30.4 Å². The summed E-state index contributed by atoms with van der Waals surface area (Å²) in [6.07, 6.45) is 9.41. The van der Waals surface area contributed by atoms with Crippen LogP contribution in [0.25, 0.3) is 83.4 Å². The molecule has 0 saturated carbocycles. The number of hydrogen-bond acceptors (Lipinski definition) is 3. The summed E-state index contributed by atoms with van der Waals surface area (Å²) in [5, 5.41) is 2.22. The first-order chi connectivity index (χ1) is 27.9. The molecular weight excluding hydrogens is 894 g/mol. The Morgan fingerprint density at radius 2 is 1.28 bits per heavy atom. The van der Waals surface area contributed by atoms with E-state index < -0.39 is 0 Å². The summed E-state index contributed by atoms with van der Waals surface area (Å²) in [7, 11) is 0. The monoisotopic (exact) mass is 928 g/mol. The van der Waals surface area contributed by atoms with Crippen LogP contribution in [0.2, 0.25) is 0 Å². The quantitative estimate of drug-likeness (QED) is 0.131. The normalized spacial score (nSPS) is 11.9. The first-order valence-corrected chi connectivity index (χ1v) is 19.2. The van der Waals surface area contributed by atoms with Crippen molar-refractivity contribution in [3.8, 4) is 62.1 Å². The predicted molar refractivity (Wildman–Crippen MR) is 226 cm³/mol. The van der Waals surface area contributed by atoms with Crippen molar-refractivity contribution >= 4 is 32.8 Å². The average Bonchev–Trinajstić information content (AvgIpc) is 3.80. The Kier molecular flexibility index (Phi) is 8.50. The van der Waals surface area contributed by atoms with Crippen LogP contribution < -0.4 is 9.30 Å². The molecule has 0 radical (unpaired) electrons. The van der Waals surface area contributed by atoms with E-state index in [-0.39, 0.29) is 26.5 Å². The second-order valence-corrected chi connectivity index (χ2v) is 15.5. The Hall–Kier alpha value is -6.62. The second-order valence-electron chi connectivity index (χ2n) is 15.5. The molecule has 7 heteroatoms. The molecule has 1 aliphatic rings. The fraction of sp³-hybridized carbons (Fsp3) is 0.0784. The Bertz CT molecular complexity index is 3230. The summed E-state index contributed by atoms with van der Waals surface area (Å²) >= 11 is 0. The van der Waals surface area contributed by atoms with Crippen LogP contribution in [-0.4, -0.2) is 19.1 Å². The maximum Gasteiger partial charge on any atom is 0.268 e. The van der Waals surface area contributed by atoms with Crippen LogP contribution in [0, 0.1) is 18.5 Å². The van der Waals surface area contributed by atoms with E-state index in [0.717, 1.165) is 72.3 Å². The van der Waals surface area contributed by atoms with Crippen molar-refractivity contribution in [3.63, 3.8) is 0 Å². The minimum atomic E-state index is -0.0235. The summed E-state index contributed by atoms with van der Waals surface area (Å²) in [6.45, 7) is 6.66. The van der Waals surface area contributed by atoms with Gasteiger partial charge in [-0.2, -0.15) is 18.2 Å². The summed E-state index contributed by atoms with van der Waals surface area (Å²) in [6, 6.07) is 55.7. The van der Waals surface area contributed by atoms with Crippen LogP contribution in [0.15, 0.2) is 158 Å². The number of para-hydroxylation sites is 2. The largest absolute Gasteiger partial charge is 0.510 e. The van der Waals surface area contributed by atoms with Crippen molar-refractivity contribution in [1.29, 1.82) is 0 Å². The van der Waals surface area contributed by atoms with Crippen LogP contribution in [-0.2, 0) is 26.5 Å². The molecule has 0 unspecified atom stereocenters. The molecule has 6 aromatic carbocycles. The molecule has 0 atom stereocenters. The first-order valence-electron chi connectivity index (χ1n) is 19.2. The number of fused-ring (bicyclic) bond motifs is 10. The number of nitrogens with zero attached hydrogens (tertiary/aromatic N) is 5. The molecule has 0 saturated heterocycles. The van der Waals surface area contributed by atoms with E-state index in [4.69, 9.17) is 9.72 Å². The standard InChI is InChI=1S/C51H35N5O.Pt/c1-51(2,3)33-24-27-53-49(28-33)56-45-20-9-8-18-41(45)42-23-22-36(30-47(42)56)57-35-13-10-12-34(29-35)54-32-55-48-31-52-26-25-43(48)39-16-6-4-14-37(39)38-15-5-7-17-40(38)44-19-11-21-46(54)50(44)55;/h4-28,31H,1-3H3;/q-2;. The third-order valence-electron chi connectivity index (χ3n) is 11.1. The van der Waals surface area contributed by atoms with Crippen molar-refractivity contribution in [1.82, 2.24) is 19.1 Å². The molecule has 0 amide bonds. The van der Waals surface area contributed by atoms with Crippen molar-refractivity contribution in [2.45, 2.75) is 26.2 Å². The maximum absolute atomic E-state index is 6.60. The van der Waals surface area contributed by atoms with Crippen molar-refractivity contribution in [2.24, 2.45) is 0 Å². The third-order valence-corrected chi connectivity index (χ3v) is 11.1. The zero-order chi connectivity index (χ0) is 38.3. The van der Waals surface area contributed by atoms with Crippen LogP contribution >= 0.6 is 0 Å². The van der Waals surface area contributed by atoms with Gasteiger partial charge in [0.1, 0.15) is 5.82 Å². The summed E-state index contributed by atoms with van der Waals surface area (Å²) in [5.74, 6) is 2.00. The van der Waals surface area contributed by atoms with Gasteiger partial charge in [0.15, 0.2) is 0 Å². The van der Waals surface area contributed by atoms with E-state index in [0.29, 0.717) is 11.5 Å². The molecule has 0 N–H and O–H groups in total. The molecule has 1 aliphatic heterocycles. The first kappa shape index (κ1) is 35.8. The Morgan fingerprint density at radius 3 is 2.07 bits per heavy atom. The number of benzene rings is 6. The van der Waals surface area contributed by atoms with E-state index >= 15 is 0 Å². The van der Waals surface area contributed by atoms with E-state index in [1.807, 2.05) is 42.9 Å². The van der Waals surface area contributed by atoms with Crippen LogP contribution in [0.3, 0.4) is 0 Å². The van der Waals surface area contributed by atoms with E-state index in [1.165, 1.54) is 16.7 Å². The fourth-order valence-electron chi connectivity index (χ4n) is 8.35. The Balaban J connectivity index is 0.00000408. The van der Waals surface area contributed by atoms with E-state index in [9.17, 15) is 0 Å². The molecular formula is C51H35N5OPt-2.